The van der Waals surface area contributed by atoms with Gasteiger partial charge in [0.2, 0.25) is 0 Å². The predicted molar refractivity (Wildman–Crippen MR) is 121 cm³/mol. The van der Waals surface area contributed by atoms with E-state index in [0.717, 1.165) is 22.1 Å². The van der Waals surface area contributed by atoms with Gasteiger partial charge in [0.05, 0.1) is 11.3 Å². The van der Waals surface area contributed by atoms with E-state index in [2.05, 4.69) is 0 Å². The van der Waals surface area contributed by atoms with Crippen molar-refractivity contribution >= 4 is 22.4 Å². The van der Waals surface area contributed by atoms with Crippen LogP contribution in [0.5, 0.6) is 11.5 Å². The third-order valence-electron chi connectivity index (χ3n) is 4.81. The molecule has 0 aliphatic carbocycles. The number of nitrogens with two attached hydrogens (primary N) is 1. The Morgan fingerprint density at radius 2 is 1.45 bits per heavy atom. The Morgan fingerprint density at radius 1 is 0.742 bits per heavy atom. The average molecular weight is 413 g/mol. The van der Waals surface area contributed by atoms with E-state index >= 15 is 0 Å². The van der Waals surface area contributed by atoms with Crippen molar-refractivity contribution in [1.29, 1.82) is 0 Å². The highest BCUT2D eigenvalue weighted by Gasteiger charge is 2.11. The Bertz CT molecular complexity index is 1170. The zero-order valence-electron chi connectivity index (χ0n) is 17.0. The van der Waals surface area contributed by atoms with Gasteiger partial charge in [-0.1, -0.05) is 66.7 Å². The van der Waals surface area contributed by atoms with Crippen LogP contribution in [-0.2, 0) is 11.3 Å². The first-order chi connectivity index (χ1) is 15.2. The second-order valence-electron chi connectivity index (χ2n) is 6.99. The van der Waals surface area contributed by atoms with Crippen LogP contribution in [-0.4, -0.2) is 19.2 Å². The van der Waals surface area contributed by atoms with Crippen LogP contribution in [0, 0.1) is 0 Å². The lowest BCUT2D eigenvalue weighted by Gasteiger charge is -2.13. The van der Waals surface area contributed by atoms with E-state index < -0.39 is 5.97 Å². The van der Waals surface area contributed by atoms with Crippen molar-refractivity contribution in [2.45, 2.75) is 6.61 Å². The van der Waals surface area contributed by atoms with Crippen LogP contribution in [0.4, 0.5) is 5.69 Å². The van der Waals surface area contributed by atoms with Gasteiger partial charge in [0.15, 0.2) is 0 Å². The topological polar surface area (TPSA) is 70.8 Å². The molecule has 0 unspecified atom stereocenters. The third-order valence-corrected chi connectivity index (χ3v) is 4.81. The maximum absolute atomic E-state index is 12.4. The minimum Gasteiger partial charge on any atom is -0.489 e. The minimum atomic E-state index is -0.430. The lowest BCUT2D eigenvalue weighted by atomic mass is 10.1. The van der Waals surface area contributed by atoms with Crippen LogP contribution >= 0.6 is 0 Å². The smallest absolute Gasteiger partial charge is 0.338 e. The van der Waals surface area contributed by atoms with Crippen molar-refractivity contribution in [2.75, 3.05) is 18.9 Å². The first kappa shape index (κ1) is 20.3. The van der Waals surface area contributed by atoms with Gasteiger partial charge in [0, 0.05) is 5.39 Å². The van der Waals surface area contributed by atoms with Crippen LogP contribution in [0.15, 0.2) is 91.0 Å². The molecule has 0 aromatic heterocycles. The first-order valence-corrected chi connectivity index (χ1v) is 10.0. The summed E-state index contributed by atoms with van der Waals surface area (Å²) in [6.07, 6.45) is 0. The minimum absolute atomic E-state index is 0.207. The Kier molecular flexibility index (Phi) is 6.33. The van der Waals surface area contributed by atoms with Crippen molar-refractivity contribution in [3.05, 3.63) is 102 Å². The number of fused-ring (bicyclic) bond motifs is 1. The fourth-order valence-electron chi connectivity index (χ4n) is 3.22. The molecule has 0 spiro atoms. The number of ether oxygens (including phenoxy) is 3. The molecule has 4 rings (SSSR count). The molecule has 0 bridgehead atoms. The molecule has 0 aliphatic rings. The molecule has 0 amide bonds. The Balaban J connectivity index is 1.33. The normalized spacial score (nSPS) is 10.6. The molecule has 0 fully saturated rings. The standard InChI is InChI=1S/C26H23NO4/c27-23-14-13-21(26(28)31-18-19-7-2-1-3-8-19)17-25(23)30-16-15-29-24-12-6-10-20-9-4-5-11-22(20)24/h1-14,17H,15-16,18,27H2. The number of carbonyl (C=O) groups is 1. The number of anilines is 1. The lowest BCUT2D eigenvalue weighted by molar-refractivity contribution is 0.0472. The molecule has 0 saturated heterocycles. The largest absolute Gasteiger partial charge is 0.489 e. The van der Waals surface area contributed by atoms with Gasteiger partial charge >= 0.3 is 5.97 Å². The van der Waals surface area contributed by atoms with Crippen LogP contribution in [0.25, 0.3) is 10.8 Å². The predicted octanol–water partition coefficient (Wildman–Crippen LogP) is 5.24. The Hall–Kier alpha value is -3.99. The van der Waals surface area contributed by atoms with Crippen molar-refractivity contribution in [3.63, 3.8) is 0 Å². The maximum Gasteiger partial charge on any atom is 0.338 e. The van der Waals surface area contributed by atoms with E-state index in [1.807, 2.05) is 72.8 Å². The van der Waals surface area contributed by atoms with Crippen LogP contribution in [0.1, 0.15) is 15.9 Å². The first-order valence-electron chi connectivity index (χ1n) is 10.0. The summed E-state index contributed by atoms with van der Waals surface area (Å²) in [6.45, 7) is 0.838. The van der Waals surface area contributed by atoms with Crippen LogP contribution in [0.3, 0.4) is 0 Å². The highest BCUT2D eigenvalue weighted by molar-refractivity contribution is 5.90. The van der Waals surface area contributed by atoms with Gasteiger partial charge in [-0.3, -0.25) is 0 Å². The summed E-state index contributed by atoms with van der Waals surface area (Å²) in [6, 6.07) is 28.4. The fraction of sp³-hybridized carbons (Fsp3) is 0.115. The van der Waals surface area contributed by atoms with Crippen molar-refractivity contribution in [1.82, 2.24) is 0 Å². The molecule has 31 heavy (non-hydrogen) atoms. The van der Waals surface area contributed by atoms with Gasteiger partial charge in [-0.05, 0) is 35.2 Å². The van der Waals surface area contributed by atoms with E-state index in [1.165, 1.54) is 0 Å². The van der Waals surface area contributed by atoms with Crippen molar-refractivity contribution in [3.8, 4) is 11.5 Å². The molecular weight excluding hydrogens is 390 g/mol. The molecule has 0 aliphatic heterocycles. The third kappa shape index (κ3) is 5.14. The number of rotatable bonds is 8. The zero-order chi connectivity index (χ0) is 21.5. The number of carbonyl (C=O) groups excluding carboxylic acids is 1. The van der Waals surface area contributed by atoms with E-state index in [9.17, 15) is 4.79 Å². The highest BCUT2D eigenvalue weighted by Crippen LogP contribution is 2.26. The van der Waals surface area contributed by atoms with Gasteiger partial charge in [-0.2, -0.15) is 0 Å². The molecule has 4 aromatic rings. The highest BCUT2D eigenvalue weighted by atomic mass is 16.5. The molecular formula is C26H23NO4. The zero-order valence-corrected chi connectivity index (χ0v) is 17.0. The monoisotopic (exact) mass is 413 g/mol. The van der Waals surface area contributed by atoms with Crippen molar-refractivity contribution in [2.24, 2.45) is 0 Å². The summed E-state index contributed by atoms with van der Waals surface area (Å²) in [7, 11) is 0. The number of nitrogen functional groups attached to an aromatic ring is 1. The van der Waals surface area contributed by atoms with Gasteiger partial charge in [-0.25, -0.2) is 4.79 Å². The molecule has 0 heterocycles. The summed E-state index contributed by atoms with van der Waals surface area (Å²) < 4.78 is 17.0. The lowest BCUT2D eigenvalue weighted by Crippen LogP contribution is -2.11. The summed E-state index contributed by atoms with van der Waals surface area (Å²) in [5.41, 5.74) is 7.76. The molecule has 4 aromatic carbocycles. The molecule has 5 heteroatoms. The summed E-state index contributed by atoms with van der Waals surface area (Å²) in [5, 5.41) is 2.17. The van der Waals surface area contributed by atoms with Gasteiger partial charge in [-0.15, -0.1) is 0 Å². The number of esters is 1. The molecule has 5 nitrogen and oxygen atoms in total. The number of hydrogen-bond donors (Lipinski definition) is 1. The van der Waals surface area contributed by atoms with Crippen LogP contribution in [0.2, 0.25) is 0 Å². The van der Waals surface area contributed by atoms with Gasteiger partial charge in [0.1, 0.15) is 31.3 Å². The quantitative estimate of drug-likeness (QED) is 0.243. The molecule has 156 valence electrons. The molecule has 0 atom stereocenters. The average Bonchev–Trinajstić information content (AvgIpc) is 2.82. The van der Waals surface area contributed by atoms with Crippen LogP contribution < -0.4 is 15.2 Å². The second-order valence-corrected chi connectivity index (χ2v) is 6.99. The fourth-order valence-corrected chi connectivity index (χ4v) is 3.22. The number of hydrogen-bond acceptors (Lipinski definition) is 5. The maximum atomic E-state index is 12.4. The van der Waals surface area contributed by atoms with E-state index in [0.29, 0.717) is 23.6 Å². The molecule has 0 radical (unpaired) electrons. The van der Waals surface area contributed by atoms with Crippen molar-refractivity contribution < 1.29 is 19.0 Å². The number of benzene rings is 4. The summed E-state index contributed by atoms with van der Waals surface area (Å²) >= 11 is 0. The van der Waals surface area contributed by atoms with Gasteiger partial charge < -0.3 is 19.9 Å². The molecule has 2 N–H and O–H groups in total. The summed E-state index contributed by atoms with van der Waals surface area (Å²) in [5.74, 6) is 0.796. The molecule has 0 saturated carbocycles. The Morgan fingerprint density at radius 3 is 2.29 bits per heavy atom. The van der Waals surface area contributed by atoms with E-state index in [1.54, 1.807) is 18.2 Å². The second kappa shape index (κ2) is 9.67. The van der Waals surface area contributed by atoms with Gasteiger partial charge in [0.25, 0.3) is 0 Å². The summed E-state index contributed by atoms with van der Waals surface area (Å²) in [4.78, 5) is 12.4. The SMILES string of the molecule is Nc1ccc(C(=O)OCc2ccccc2)cc1OCCOc1cccc2ccccc12. The van der Waals surface area contributed by atoms with E-state index in [4.69, 9.17) is 19.9 Å². The Labute approximate surface area is 181 Å². The van der Waals surface area contributed by atoms with E-state index in [-0.39, 0.29) is 13.2 Å².